The first kappa shape index (κ1) is 26.6. The van der Waals surface area contributed by atoms with Crippen molar-refractivity contribution >= 4 is 46.2 Å². The summed E-state index contributed by atoms with van der Waals surface area (Å²) in [5.74, 6) is -0.00629. The molecule has 0 atom stereocenters. The topological polar surface area (TPSA) is 118 Å². The number of benzene rings is 3. The van der Waals surface area contributed by atoms with E-state index in [0.29, 0.717) is 38.7 Å². The summed E-state index contributed by atoms with van der Waals surface area (Å²) in [7, 11) is 1.50. The molecule has 184 valence electrons. The number of carbonyl (C=O) groups excluding carboxylic acids is 1. The minimum atomic E-state index is -0.994. The Kier molecular flexibility index (Phi) is 9.30. The Morgan fingerprint density at radius 2 is 1.86 bits per heavy atom. The lowest BCUT2D eigenvalue weighted by atomic mass is 10.1. The largest absolute Gasteiger partial charge is 0.494 e. The lowest BCUT2D eigenvalue weighted by molar-refractivity contribution is -0.112. The van der Waals surface area contributed by atoms with Crippen LogP contribution >= 0.6 is 22.6 Å². The van der Waals surface area contributed by atoms with Crippen molar-refractivity contribution in [2.75, 3.05) is 19.0 Å². The number of hydrogen-bond donors (Lipinski definition) is 2. The molecule has 0 aliphatic carbocycles. The van der Waals surface area contributed by atoms with Crippen molar-refractivity contribution in [2.45, 2.75) is 13.5 Å². The van der Waals surface area contributed by atoms with Gasteiger partial charge in [-0.2, -0.15) is 5.26 Å². The van der Waals surface area contributed by atoms with Crippen LogP contribution in [-0.2, 0) is 11.4 Å². The highest BCUT2D eigenvalue weighted by molar-refractivity contribution is 14.1. The maximum Gasteiger partial charge on any atom is 0.335 e. The van der Waals surface area contributed by atoms with Gasteiger partial charge in [0, 0.05) is 11.8 Å². The van der Waals surface area contributed by atoms with Gasteiger partial charge in [-0.1, -0.05) is 18.2 Å². The number of carboxylic acids is 1. The predicted octanol–water partition coefficient (Wildman–Crippen LogP) is 5.52. The minimum Gasteiger partial charge on any atom is -0.494 e. The third kappa shape index (κ3) is 6.99. The zero-order valence-corrected chi connectivity index (χ0v) is 21.7. The molecule has 1 amide bonds. The molecule has 0 saturated heterocycles. The van der Waals surface area contributed by atoms with Gasteiger partial charge in [0.1, 0.15) is 24.0 Å². The number of carboxylic acid groups (broad SMARTS) is 1. The van der Waals surface area contributed by atoms with Gasteiger partial charge in [0.05, 0.1) is 22.9 Å². The number of halogens is 1. The van der Waals surface area contributed by atoms with Gasteiger partial charge in [-0.15, -0.1) is 0 Å². The van der Waals surface area contributed by atoms with Crippen molar-refractivity contribution in [3.63, 3.8) is 0 Å². The summed E-state index contributed by atoms with van der Waals surface area (Å²) in [6.07, 6.45) is 1.47. The molecule has 36 heavy (non-hydrogen) atoms. The molecular formula is C27H23IN2O6. The molecular weight excluding hydrogens is 575 g/mol. The molecule has 0 unspecified atom stereocenters. The Labute approximate surface area is 222 Å². The Hall–Kier alpha value is -4.04. The van der Waals surface area contributed by atoms with Crippen molar-refractivity contribution in [3.05, 3.63) is 86.5 Å². The number of rotatable bonds is 10. The van der Waals surface area contributed by atoms with Crippen LogP contribution in [0, 0.1) is 14.9 Å². The van der Waals surface area contributed by atoms with Gasteiger partial charge in [-0.3, -0.25) is 4.79 Å². The van der Waals surface area contributed by atoms with Crippen LogP contribution in [0.25, 0.3) is 6.08 Å². The second-order valence-corrected chi connectivity index (χ2v) is 8.57. The Bertz CT molecular complexity index is 1330. The average Bonchev–Trinajstić information content (AvgIpc) is 2.87. The molecule has 9 heteroatoms. The normalized spacial score (nSPS) is 10.8. The molecule has 3 rings (SSSR count). The number of nitrogens with one attached hydrogen (secondary N) is 1. The Balaban J connectivity index is 1.78. The standard InChI is InChI=1S/C27H23IN2O6/c1-3-35-22-6-4-5-21(14-22)30-26(31)20(15-29)11-18-12-23(28)25(24(13-18)34-2)36-16-17-7-9-19(10-8-17)27(32)33/h4-14H,3,16H2,1-2H3,(H,30,31)(H,32,33)/b20-11-. The number of ether oxygens (including phenoxy) is 3. The summed E-state index contributed by atoms with van der Waals surface area (Å²) < 4.78 is 17.6. The fourth-order valence-corrected chi connectivity index (χ4v) is 3.99. The monoisotopic (exact) mass is 598 g/mol. The van der Waals surface area contributed by atoms with Crippen LogP contribution in [0.5, 0.6) is 17.2 Å². The lowest BCUT2D eigenvalue weighted by Crippen LogP contribution is -2.13. The molecule has 3 aromatic rings. The number of nitrogens with zero attached hydrogens (tertiary/aromatic N) is 1. The third-order valence-electron chi connectivity index (χ3n) is 4.91. The SMILES string of the molecule is CCOc1cccc(NC(=O)/C(C#N)=C\c2cc(I)c(OCc3ccc(C(=O)O)cc3)c(OC)c2)c1. The molecule has 0 fully saturated rings. The zero-order valence-electron chi connectivity index (χ0n) is 19.6. The summed E-state index contributed by atoms with van der Waals surface area (Å²) >= 11 is 2.09. The van der Waals surface area contributed by atoms with Crippen LogP contribution < -0.4 is 19.5 Å². The van der Waals surface area contributed by atoms with E-state index in [4.69, 9.17) is 19.3 Å². The lowest BCUT2D eigenvalue weighted by Gasteiger charge is -2.14. The third-order valence-corrected chi connectivity index (χ3v) is 5.72. The quantitative estimate of drug-likeness (QED) is 0.179. The van der Waals surface area contributed by atoms with Crippen LogP contribution in [0.1, 0.15) is 28.4 Å². The van der Waals surface area contributed by atoms with Crippen molar-refractivity contribution in [1.29, 1.82) is 5.26 Å². The molecule has 0 aliphatic heterocycles. The van der Waals surface area contributed by atoms with E-state index in [2.05, 4.69) is 27.9 Å². The fourth-order valence-electron chi connectivity index (χ4n) is 3.21. The van der Waals surface area contributed by atoms with E-state index in [-0.39, 0.29) is 17.7 Å². The van der Waals surface area contributed by atoms with Gasteiger partial charge in [-0.25, -0.2) is 4.79 Å². The van der Waals surface area contributed by atoms with Gasteiger partial charge >= 0.3 is 5.97 Å². The smallest absolute Gasteiger partial charge is 0.335 e. The number of methoxy groups -OCH3 is 1. The van der Waals surface area contributed by atoms with Crippen LogP contribution in [0.15, 0.2) is 66.2 Å². The van der Waals surface area contributed by atoms with Gasteiger partial charge in [0.2, 0.25) is 0 Å². The predicted molar refractivity (Wildman–Crippen MR) is 143 cm³/mol. The van der Waals surface area contributed by atoms with Crippen LogP contribution in [0.2, 0.25) is 0 Å². The van der Waals surface area contributed by atoms with E-state index in [1.165, 1.54) is 25.3 Å². The highest BCUT2D eigenvalue weighted by Crippen LogP contribution is 2.35. The maximum absolute atomic E-state index is 12.7. The molecule has 0 heterocycles. The highest BCUT2D eigenvalue weighted by Gasteiger charge is 2.15. The van der Waals surface area contributed by atoms with E-state index in [1.54, 1.807) is 48.5 Å². The summed E-state index contributed by atoms with van der Waals surface area (Å²) in [4.78, 5) is 23.7. The molecule has 0 spiro atoms. The van der Waals surface area contributed by atoms with Gasteiger partial charge in [-0.05, 0) is 83.1 Å². The van der Waals surface area contributed by atoms with Crippen molar-refractivity contribution in [1.82, 2.24) is 0 Å². The fraction of sp³-hybridized carbons (Fsp3) is 0.148. The minimum absolute atomic E-state index is 0.0816. The Morgan fingerprint density at radius 1 is 1.11 bits per heavy atom. The second-order valence-electron chi connectivity index (χ2n) is 7.41. The number of carbonyl (C=O) groups is 2. The molecule has 8 nitrogen and oxygen atoms in total. The summed E-state index contributed by atoms with van der Waals surface area (Å²) in [5.41, 5.74) is 2.01. The number of nitriles is 1. The average molecular weight is 598 g/mol. The number of anilines is 1. The second kappa shape index (κ2) is 12.6. The first-order chi connectivity index (χ1) is 17.3. The molecule has 3 aromatic carbocycles. The van der Waals surface area contributed by atoms with E-state index >= 15 is 0 Å². The maximum atomic E-state index is 12.7. The number of amides is 1. The van der Waals surface area contributed by atoms with Gasteiger partial charge in [0.15, 0.2) is 11.5 Å². The summed E-state index contributed by atoms with van der Waals surface area (Å²) in [6.45, 7) is 2.57. The molecule has 0 aromatic heterocycles. The molecule has 2 N–H and O–H groups in total. The van der Waals surface area contributed by atoms with E-state index < -0.39 is 11.9 Å². The molecule has 0 saturated carbocycles. The van der Waals surface area contributed by atoms with E-state index in [1.807, 2.05) is 13.0 Å². The van der Waals surface area contributed by atoms with Gasteiger partial charge in [0.25, 0.3) is 5.91 Å². The van der Waals surface area contributed by atoms with Gasteiger partial charge < -0.3 is 24.6 Å². The van der Waals surface area contributed by atoms with E-state index in [0.717, 1.165) is 5.56 Å². The molecule has 0 radical (unpaired) electrons. The zero-order chi connectivity index (χ0) is 26.1. The number of hydrogen-bond acceptors (Lipinski definition) is 6. The highest BCUT2D eigenvalue weighted by atomic mass is 127. The first-order valence-electron chi connectivity index (χ1n) is 10.8. The van der Waals surface area contributed by atoms with Crippen LogP contribution in [-0.4, -0.2) is 30.7 Å². The van der Waals surface area contributed by atoms with Crippen molar-refractivity contribution in [2.24, 2.45) is 0 Å². The van der Waals surface area contributed by atoms with Crippen molar-refractivity contribution < 1.29 is 28.9 Å². The van der Waals surface area contributed by atoms with Crippen LogP contribution in [0.4, 0.5) is 5.69 Å². The van der Waals surface area contributed by atoms with Crippen molar-refractivity contribution in [3.8, 4) is 23.3 Å². The summed E-state index contributed by atoms with van der Waals surface area (Å²) in [6, 6.07) is 18.7. The number of aromatic carboxylic acids is 1. The first-order valence-corrected chi connectivity index (χ1v) is 11.9. The Morgan fingerprint density at radius 3 is 2.50 bits per heavy atom. The molecule has 0 bridgehead atoms. The summed E-state index contributed by atoms with van der Waals surface area (Å²) in [5, 5.41) is 21.3. The van der Waals surface area contributed by atoms with E-state index in [9.17, 15) is 14.9 Å². The van der Waals surface area contributed by atoms with Crippen LogP contribution in [0.3, 0.4) is 0 Å². The molecule has 0 aliphatic rings.